The lowest BCUT2D eigenvalue weighted by molar-refractivity contribution is 0.0789. The van der Waals surface area contributed by atoms with Gasteiger partial charge in [0.25, 0.3) is 5.91 Å². The molecule has 0 atom stereocenters. The lowest BCUT2D eigenvalue weighted by Crippen LogP contribution is -2.25. The Morgan fingerprint density at radius 3 is 2.79 bits per heavy atom. The van der Waals surface area contributed by atoms with Gasteiger partial charge in [-0.15, -0.1) is 0 Å². The second kappa shape index (κ2) is 5.40. The minimum atomic E-state index is -0.0773. The maximum atomic E-state index is 12.1. The molecule has 2 heterocycles. The molecule has 0 saturated carbocycles. The monoisotopic (exact) mass is 279 g/mol. The van der Waals surface area contributed by atoms with E-state index in [0.29, 0.717) is 22.6 Å². The van der Waals surface area contributed by atoms with Crippen molar-refractivity contribution in [2.45, 2.75) is 26.4 Å². The van der Waals surface area contributed by atoms with E-state index in [9.17, 15) is 4.79 Å². The van der Waals surface area contributed by atoms with Gasteiger partial charge in [-0.25, -0.2) is 4.98 Å². The number of hydrogen-bond donors (Lipinski definition) is 1. The van der Waals surface area contributed by atoms with Gasteiger partial charge in [0.05, 0.1) is 12.4 Å². The molecule has 2 aromatic rings. The maximum absolute atomic E-state index is 12.1. The highest BCUT2D eigenvalue weighted by Gasteiger charge is 2.15. The van der Waals surface area contributed by atoms with Gasteiger partial charge in [0.2, 0.25) is 0 Å². The fraction of sp³-hybridized carbons (Fsp3) is 0.417. The third kappa shape index (κ3) is 3.11. The van der Waals surface area contributed by atoms with Crippen molar-refractivity contribution in [1.29, 1.82) is 0 Å². The average molecular weight is 279 g/mol. The number of carbonyl (C=O) groups is 1. The molecule has 0 fully saturated rings. The van der Waals surface area contributed by atoms with Crippen LogP contribution in [0.2, 0.25) is 0 Å². The van der Waals surface area contributed by atoms with Gasteiger partial charge in [0.1, 0.15) is 4.88 Å². The number of anilines is 1. The Bertz CT molecular complexity index is 574. The fourth-order valence-electron chi connectivity index (χ4n) is 1.66. The molecule has 2 aromatic heterocycles. The lowest BCUT2D eigenvalue weighted by Gasteiger charge is -2.14. The molecule has 0 unspecified atom stereocenters. The van der Waals surface area contributed by atoms with Crippen LogP contribution in [-0.2, 0) is 6.54 Å². The van der Waals surface area contributed by atoms with E-state index < -0.39 is 0 Å². The van der Waals surface area contributed by atoms with Crippen LogP contribution in [0.15, 0.2) is 18.6 Å². The predicted octanol–water partition coefficient (Wildman–Crippen LogP) is 1.77. The molecular weight excluding hydrogens is 262 g/mol. The highest BCUT2D eigenvalue weighted by atomic mass is 32.1. The Labute approximate surface area is 115 Å². The molecule has 102 valence electrons. The van der Waals surface area contributed by atoms with Crippen molar-refractivity contribution in [1.82, 2.24) is 19.7 Å². The summed E-state index contributed by atoms with van der Waals surface area (Å²) in [7, 11) is 1.75. The topological polar surface area (TPSA) is 77.0 Å². The normalized spacial score (nSPS) is 10.9. The SMILES string of the molecule is CC(C)n1cc(CN(C)C(=O)c2cnc(N)s2)cn1. The summed E-state index contributed by atoms with van der Waals surface area (Å²) in [6.07, 6.45) is 5.25. The van der Waals surface area contributed by atoms with Crippen molar-refractivity contribution >= 4 is 22.4 Å². The summed E-state index contributed by atoms with van der Waals surface area (Å²) >= 11 is 1.20. The van der Waals surface area contributed by atoms with E-state index in [1.807, 2.05) is 10.9 Å². The molecule has 0 radical (unpaired) electrons. The van der Waals surface area contributed by atoms with Crippen LogP contribution in [0.5, 0.6) is 0 Å². The molecule has 0 aromatic carbocycles. The molecule has 0 aliphatic carbocycles. The Morgan fingerprint density at radius 2 is 2.26 bits per heavy atom. The van der Waals surface area contributed by atoms with Crippen LogP contribution in [0.3, 0.4) is 0 Å². The summed E-state index contributed by atoms with van der Waals surface area (Å²) in [4.78, 5) is 18.2. The number of aromatic nitrogens is 3. The number of carbonyl (C=O) groups excluding carboxylic acids is 1. The molecule has 6 nitrogen and oxygen atoms in total. The standard InChI is InChI=1S/C12H17N5OS/c1-8(2)17-7-9(4-15-17)6-16(3)11(18)10-5-14-12(13)19-10/h4-5,7-8H,6H2,1-3H3,(H2,13,14). The predicted molar refractivity (Wildman–Crippen MR) is 74.9 cm³/mol. The number of hydrogen-bond acceptors (Lipinski definition) is 5. The highest BCUT2D eigenvalue weighted by Crippen LogP contribution is 2.17. The molecule has 19 heavy (non-hydrogen) atoms. The number of nitrogens with two attached hydrogens (primary N) is 1. The minimum absolute atomic E-state index is 0.0773. The van der Waals surface area contributed by atoms with Crippen LogP contribution in [-0.4, -0.2) is 32.6 Å². The van der Waals surface area contributed by atoms with Crippen LogP contribution < -0.4 is 5.73 Å². The first-order chi connectivity index (χ1) is 8.97. The number of amides is 1. The van der Waals surface area contributed by atoms with Crippen molar-refractivity contribution in [3.8, 4) is 0 Å². The van der Waals surface area contributed by atoms with E-state index in [1.54, 1.807) is 18.1 Å². The van der Waals surface area contributed by atoms with Gasteiger partial charge >= 0.3 is 0 Å². The summed E-state index contributed by atoms with van der Waals surface area (Å²) in [6.45, 7) is 4.64. The van der Waals surface area contributed by atoms with Crippen LogP contribution in [0.25, 0.3) is 0 Å². The number of nitrogens with zero attached hydrogens (tertiary/aromatic N) is 4. The molecule has 0 bridgehead atoms. The van der Waals surface area contributed by atoms with Gasteiger partial charge in [0.15, 0.2) is 5.13 Å². The number of rotatable bonds is 4. The average Bonchev–Trinajstić information content (AvgIpc) is 2.97. The number of nitrogen functional groups attached to an aromatic ring is 1. The van der Waals surface area contributed by atoms with Gasteiger partial charge in [-0.3, -0.25) is 9.48 Å². The van der Waals surface area contributed by atoms with Gasteiger partial charge in [-0.05, 0) is 13.8 Å². The molecule has 0 saturated heterocycles. The van der Waals surface area contributed by atoms with Crippen LogP contribution in [0, 0.1) is 0 Å². The Hall–Kier alpha value is -1.89. The lowest BCUT2D eigenvalue weighted by atomic mass is 10.3. The Balaban J connectivity index is 2.03. The second-order valence-electron chi connectivity index (χ2n) is 4.65. The van der Waals surface area contributed by atoms with Gasteiger partial charge in [0, 0.05) is 31.4 Å². The van der Waals surface area contributed by atoms with Crippen LogP contribution in [0.1, 0.15) is 35.1 Å². The fourth-order valence-corrected chi connectivity index (χ4v) is 2.34. The van der Waals surface area contributed by atoms with Crippen molar-refractivity contribution in [3.05, 3.63) is 29.0 Å². The Morgan fingerprint density at radius 1 is 1.53 bits per heavy atom. The van der Waals surface area contributed by atoms with Gasteiger partial charge in [-0.1, -0.05) is 11.3 Å². The molecule has 2 rings (SSSR count). The zero-order chi connectivity index (χ0) is 14.0. The molecule has 2 N–H and O–H groups in total. The van der Waals surface area contributed by atoms with Crippen molar-refractivity contribution in [2.75, 3.05) is 12.8 Å². The zero-order valence-corrected chi connectivity index (χ0v) is 12.0. The van der Waals surface area contributed by atoms with E-state index in [-0.39, 0.29) is 5.91 Å². The molecule has 0 aliphatic rings. The summed E-state index contributed by atoms with van der Waals surface area (Å²) in [5.41, 5.74) is 6.53. The van der Waals surface area contributed by atoms with E-state index >= 15 is 0 Å². The molecule has 7 heteroatoms. The van der Waals surface area contributed by atoms with Gasteiger partial charge in [-0.2, -0.15) is 5.10 Å². The van der Waals surface area contributed by atoms with Crippen LogP contribution >= 0.6 is 11.3 Å². The first kappa shape index (κ1) is 13.5. The third-order valence-corrected chi connectivity index (χ3v) is 3.50. The second-order valence-corrected chi connectivity index (χ2v) is 5.71. The summed E-state index contributed by atoms with van der Waals surface area (Å²) in [6, 6.07) is 0.316. The van der Waals surface area contributed by atoms with Gasteiger partial charge < -0.3 is 10.6 Å². The summed E-state index contributed by atoms with van der Waals surface area (Å²) in [5, 5.41) is 4.66. The molecular formula is C12H17N5OS. The van der Waals surface area contributed by atoms with Crippen LogP contribution in [0.4, 0.5) is 5.13 Å². The van der Waals surface area contributed by atoms with Crippen molar-refractivity contribution in [3.63, 3.8) is 0 Å². The highest BCUT2D eigenvalue weighted by molar-refractivity contribution is 7.17. The first-order valence-corrected chi connectivity index (χ1v) is 6.79. The quantitative estimate of drug-likeness (QED) is 0.925. The van der Waals surface area contributed by atoms with E-state index in [0.717, 1.165) is 5.56 Å². The van der Waals surface area contributed by atoms with Crippen molar-refractivity contribution < 1.29 is 4.79 Å². The third-order valence-electron chi connectivity index (χ3n) is 2.68. The molecule has 1 amide bonds. The maximum Gasteiger partial charge on any atom is 0.265 e. The largest absolute Gasteiger partial charge is 0.375 e. The van der Waals surface area contributed by atoms with E-state index in [2.05, 4.69) is 23.9 Å². The minimum Gasteiger partial charge on any atom is -0.375 e. The van der Waals surface area contributed by atoms with E-state index in [1.165, 1.54) is 17.5 Å². The molecule has 0 spiro atoms. The number of thiazole rings is 1. The summed E-state index contributed by atoms with van der Waals surface area (Å²) in [5.74, 6) is -0.0773. The summed E-state index contributed by atoms with van der Waals surface area (Å²) < 4.78 is 1.87. The van der Waals surface area contributed by atoms with Crippen molar-refractivity contribution in [2.24, 2.45) is 0 Å². The zero-order valence-electron chi connectivity index (χ0n) is 11.2. The Kier molecular flexibility index (Phi) is 3.84. The van der Waals surface area contributed by atoms with E-state index in [4.69, 9.17) is 5.73 Å². The smallest absolute Gasteiger partial charge is 0.265 e. The first-order valence-electron chi connectivity index (χ1n) is 5.97. The molecule has 0 aliphatic heterocycles.